The van der Waals surface area contributed by atoms with Crippen molar-refractivity contribution in [2.45, 2.75) is 25.3 Å². The number of carbonyl (C=O) groups excluding carboxylic acids is 1. The Morgan fingerprint density at radius 2 is 1.88 bits per heavy atom. The number of nitrogens with one attached hydrogen (secondary N) is 1. The number of H-pyrrole nitrogens is 1. The summed E-state index contributed by atoms with van der Waals surface area (Å²) < 4.78 is 5.31. The predicted molar refractivity (Wildman–Crippen MR) is 101 cm³/mol. The highest BCUT2D eigenvalue weighted by Gasteiger charge is 2.40. The Morgan fingerprint density at radius 1 is 1.12 bits per heavy atom. The molecule has 132 valence electrons. The highest BCUT2D eigenvalue weighted by molar-refractivity contribution is 5.87. The number of rotatable bonds is 3. The monoisotopic (exact) mass is 346 g/mol. The molecule has 1 aliphatic heterocycles. The first-order valence-electron chi connectivity index (χ1n) is 9.30. The van der Waals surface area contributed by atoms with Gasteiger partial charge in [0.05, 0.1) is 13.2 Å². The molecule has 2 aliphatic rings. The fourth-order valence-electron chi connectivity index (χ4n) is 4.18. The predicted octanol–water partition coefficient (Wildman–Crippen LogP) is 4.06. The van der Waals surface area contributed by atoms with E-state index in [1.165, 1.54) is 10.9 Å². The molecule has 3 aromatic rings. The second kappa shape index (κ2) is 5.90. The second-order valence-electron chi connectivity index (χ2n) is 7.29. The van der Waals surface area contributed by atoms with Crippen LogP contribution in [0.2, 0.25) is 0 Å². The van der Waals surface area contributed by atoms with E-state index in [1.54, 1.807) is 7.11 Å². The number of hydrogen-bond donors (Lipinski definition) is 1. The molecule has 4 heteroatoms. The molecule has 2 heterocycles. The molecule has 1 aliphatic carbocycles. The molecule has 1 N–H and O–H groups in total. The molecule has 1 fully saturated rings. The minimum absolute atomic E-state index is 0.0508. The summed E-state index contributed by atoms with van der Waals surface area (Å²) in [5.41, 5.74) is 4.79. The van der Waals surface area contributed by atoms with Crippen molar-refractivity contribution in [2.24, 2.45) is 5.92 Å². The van der Waals surface area contributed by atoms with Gasteiger partial charge in [-0.2, -0.15) is 0 Å². The third-order valence-corrected chi connectivity index (χ3v) is 5.68. The van der Waals surface area contributed by atoms with Crippen molar-refractivity contribution in [3.05, 3.63) is 65.4 Å². The molecular weight excluding hydrogens is 324 g/mol. The lowest BCUT2D eigenvalue weighted by Gasteiger charge is -2.36. The maximum absolute atomic E-state index is 13.0. The van der Waals surface area contributed by atoms with Crippen molar-refractivity contribution in [3.8, 4) is 5.75 Å². The van der Waals surface area contributed by atoms with Gasteiger partial charge in [0.25, 0.3) is 0 Å². The molecule has 1 amide bonds. The van der Waals surface area contributed by atoms with E-state index >= 15 is 0 Å². The third-order valence-electron chi connectivity index (χ3n) is 5.68. The van der Waals surface area contributed by atoms with E-state index < -0.39 is 0 Å². The summed E-state index contributed by atoms with van der Waals surface area (Å²) in [7, 11) is 1.67. The lowest BCUT2D eigenvalue weighted by molar-refractivity contribution is -0.134. The van der Waals surface area contributed by atoms with Crippen molar-refractivity contribution < 1.29 is 9.53 Å². The van der Waals surface area contributed by atoms with E-state index in [0.717, 1.165) is 48.3 Å². The first-order valence-corrected chi connectivity index (χ1v) is 9.30. The quantitative estimate of drug-likeness (QED) is 0.777. The molecule has 26 heavy (non-hydrogen) atoms. The van der Waals surface area contributed by atoms with Crippen molar-refractivity contribution in [2.75, 3.05) is 13.7 Å². The first-order chi connectivity index (χ1) is 12.8. The molecule has 0 unspecified atom stereocenters. The molecule has 0 spiro atoms. The Labute approximate surface area is 152 Å². The molecule has 1 aromatic heterocycles. The van der Waals surface area contributed by atoms with Crippen LogP contribution in [0.4, 0.5) is 0 Å². The number of hydrogen-bond acceptors (Lipinski definition) is 2. The number of para-hydroxylation sites is 1. The maximum Gasteiger partial charge on any atom is 0.226 e. The first kappa shape index (κ1) is 15.5. The summed E-state index contributed by atoms with van der Waals surface area (Å²) >= 11 is 0. The summed E-state index contributed by atoms with van der Waals surface area (Å²) in [4.78, 5) is 18.7. The minimum Gasteiger partial charge on any atom is -0.497 e. The normalized spacial score (nSPS) is 19.4. The number of ether oxygens (including phenoxy) is 1. The fraction of sp³-hybridized carbons (Fsp3) is 0.318. The summed E-state index contributed by atoms with van der Waals surface area (Å²) in [5, 5.41) is 1.28. The maximum atomic E-state index is 13.0. The van der Waals surface area contributed by atoms with Gasteiger partial charge in [0.1, 0.15) is 5.75 Å². The van der Waals surface area contributed by atoms with Crippen molar-refractivity contribution >= 4 is 16.8 Å². The topological polar surface area (TPSA) is 45.3 Å². The lowest BCUT2D eigenvalue weighted by Crippen LogP contribution is -2.41. The zero-order valence-corrected chi connectivity index (χ0v) is 14.9. The minimum atomic E-state index is -0.0508. The number of fused-ring (bicyclic) bond motifs is 3. The molecule has 0 saturated heterocycles. The van der Waals surface area contributed by atoms with E-state index in [1.807, 2.05) is 12.1 Å². The number of benzene rings is 2. The molecule has 4 nitrogen and oxygen atoms in total. The number of aromatic nitrogens is 1. The van der Waals surface area contributed by atoms with Crippen LogP contribution in [0.3, 0.4) is 0 Å². The number of aromatic amines is 1. The van der Waals surface area contributed by atoms with E-state index in [0.29, 0.717) is 5.91 Å². The lowest BCUT2D eigenvalue weighted by atomic mass is 9.92. The van der Waals surface area contributed by atoms with Crippen LogP contribution in [-0.2, 0) is 11.2 Å². The van der Waals surface area contributed by atoms with Crippen molar-refractivity contribution in [3.63, 3.8) is 0 Å². The van der Waals surface area contributed by atoms with Crippen molar-refractivity contribution in [1.82, 2.24) is 9.88 Å². The van der Waals surface area contributed by atoms with Gasteiger partial charge in [0.15, 0.2) is 0 Å². The van der Waals surface area contributed by atoms with Crippen LogP contribution in [0.15, 0.2) is 48.5 Å². The van der Waals surface area contributed by atoms with Gasteiger partial charge in [0, 0.05) is 29.1 Å². The van der Waals surface area contributed by atoms with E-state index in [4.69, 9.17) is 4.74 Å². The highest BCUT2D eigenvalue weighted by atomic mass is 16.5. The molecule has 2 aromatic carbocycles. The van der Waals surface area contributed by atoms with Gasteiger partial charge in [-0.25, -0.2) is 0 Å². The average molecular weight is 346 g/mol. The van der Waals surface area contributed by atoms with Crippen LogP contribution in [0.1, 0.15) is 35.7 Å². The summed E-state index contributed by atoms with van der Waals surface area (Å²) in [6.07, 6.45) is 2.97. The Balaban J connectivity index is 1.65. The van der Waals surface area contributed by atoms with E-state index in [9.17, 15) is 4.79 Å². The Morgan fingerprint density at radius 3 is 2.62 bits per heavy atom. The largest absolute Gasteiger partial charge is 0.497 e. The van der Waals surface area contributed by atoms with Crippen molar-refractivity contribution in [1.29, 1.82) is 0 Å². The van der Waals surface area contributed by atoms with Crippen LogP contribution in [0.5, 0.6) is 5.75 Å². The van der Waals surface area contributed by atoms with Crippen LogP contribution in [-0.4, -0.2) is 29.4 Å². The number of carbonyl (C=O) groups is 1. The molecule has 1 saturated carbocycles. The Bertz CT molecular complexity index is 969. The van der Waals surface area contributed by atoms with Gasteiger partial charge < -0.3 is 14.6 Å². The molecule has 5 rings (SSSR count). The number of methoxy groups -OCH3 is 1. The smallest absolute Gasteiger partial charge is 0.226 e. The van der Waals surface area contributed by atoms with Gasteiger partial charge in [-0.1, -0.05) is 30.3 Å². The average Bonchev–Trinajstić information content (AvgIpc) is 3.47. The summed E-state index contributed by atoms with van der Waals surface area (Å²) in [6, 6.07) is 16.5. The zero-order valence-electron chi connectivity index (χ0n) is 14.9. The van der Waals surface area contributed by atoms with Gasteiger partial charge in [-0.3, -0.25) is 4.79 Å². The summed E-state index contributed by atoms with van der Waals surface area (Å²) in [6.45, 7) is 0.779. The van der Waals surface area contributed by atoms with Crippen LogP contribution >= 0.6 is 0 Å². The Kier molecular flexibility index (Phi) is 3.52. The molecule has 0 radical (unpaired) electrons. The Hall–Kier alpha value is -2.75. The number of nitrogens with zero attached hydrogens (tertiary/aromatic N) is 1. The third kappa shape index (κ3) is 2.40. The molecular formula is C22H22N2O2. The van der Waals surface area contributed by atoms with Gasteiger partial charge in [0.2, 0.25) is 5.91 Å². The standard InChI is InChI=1S/C22H22N2O2/c1-26-16-10-8-14(9-11-16)21-20-18(17-4-2-3-5-19(17)23-20)12-13-24(21)22(25)15-6-7-15/h2-5,8-11,15,21,23H,6-7,12-13H2,1H3/t21-/m0/s1. The van der Waals surface area contributed by atoms with Crippen LogP contribution in [0.25, 0.3) is 10.9 Å². The molecule has 1 atom stereocenters. The summed E-state index contributed by atoms with van der Waals surface area (Å²) in [5.74, 6) is 1.36. The van der Waals surface area contributed by atoms with E-state index in [2.05, 4.69) is 46.3 Å². The fourth-order valence-corrected chi connectivity index (χ4v) is 4.18. The second-order valence-corrected chi connectivity index (χ2v) is 7.29. The van der Waals surface area contributed by atoms with E-state index in [-0.39, 0.29) is 12.0 Å². The zero-order chi connectivity index (χ0) is 17.7. The SMILES string of the molecule is COc1ccc([C@H]2c3[nH]c4ccccc4c3CCN2C(=O)C2CC2)cc1. The van der Waals surface area contributed by atoms with Crippen LogP contribution in [0, 0.1) is 5.92 Å². The van der Waals surface area contributed by atoms with Gasteiger partial charge in [-0.15, -0.1) is 0 Å². The molecule has 0 bridgehead atoms. The highest BCUT2D eigenvalue weighted by Crippen LogP contribution is 2.42. The number of amides is 1. The van der Waals surface area contributed by atoms with Gasteiger partial charge in [-0.05, 0) is 48.6 Å². The van der Waals surface area contributed by atoms with Crippen LogP contribution < -0.4 is 4.74 Å². The van der Waals surface area contributed by atoms with Gasteiger partial charge >= 0.3 is 0 Å².